The molecule has 1 aromatic carbocycles. The molecule has 7 nitrogen and oxygen atoms in total. The summed E-state index contributed by atoms with van der Waals surface area (Å²) in [6, 6.07) is 9.95. The quantitative estimate of drug-likeness (QED) is 0.645. The number of aliphatic hydroxyl groups is 1. The molecular formula is C23H28N6O. The number of hydrogen-bond donors (Lipinski definition) is 1. The highest BCUT2D eigenvalue weighted by molar-refractivity contribution is 5.90. The van der Waals surface area contributed by atoms with Gasteiger partial charge in [-0.15, -0.1) is 0 Å². The van der Waals surface area contributed by atoms with Crippen LogP contribution in [0.5, 0.6) is 0 Å². The second-order valence-corrected chi connectivity index (χ2v) is 7.36. The van der Waals surface area contributed by atoms with Crippen molar-refractivity contribution in [1.29, 1.82) is 0 Å². The van der Waals surface area contributed by atoms with Crippen LogP contribution in [-0.4, -0.2) is 51.2 Å². The third-order valence-electron chi connectivity index (χ3n) is 5.42. The van der Waals surface area contributed by atoms with Gasteiger partial charge in [0.05, 0.1) is 17.8 Å². The minimum Gasteiger partial charge on any atom is -0.390 e. The molecule has 3 heterocycles. The fourth-order valence-corrected chi connectivity index (χ4v) is 3.83. The third-order valence-corrected chi connectivity index (χ3v) is 5.42. The largest absolute Gasteiger partial charge is 0.390 e. The highest BCUT2D eigenvalue weighted by Gasteiger charge is 2.15. The zero-order chi connectivity index (χ0) is 20.9. The van der Waals surface area contributed by atoms with E-state index in [1.54, 1.807) is 0 Å². The Bertz CT molecular complexity index is 1040. The first kappa shape index (κ1) is 20.2. The van der Waals surface area contributed by atoms with Gasteiger partial charge in [-0.25, -0.2) is 19.9 Å². The lowest BCUT2D eigenvalue weighted by molar-refractivity contribution is 0.276. The predicted molar refractivity (Wildman–Crippen MR) is 121 cm³/mol. The molecule has 7 heteroatoms. The number of fused-ring (bicyclic) bond motifs is 1. The van der Waals surface area contributed by atoms with Crippen molar-refractivity contribution >= 4 is 34.7 Å². The first-order valence-electron chi connectivity index (χ1n) is 10.7. The van der Waals surface area contributed by atoms with Gasteiger partial charge >= 0.3 is 0 Å². The van der Waals surface area contributed by atoms with Gasteiger partial charge in [0.15, 0.2) is 11.6 Å². The third kappa shape index (κ3) is 4.26. The normalized spacial score (nSPS) is 14.2. The van der Waals surface area contributed by atoms with E-state index in [9.17, 15) is 5.11 Å². The molecule has 1 N–H and O–H groups in total. The van der Waals surface area contributed by atoms with Gasteiger partial charge in [-0.1, -0.05) is 12.1 Å². The topological polar surface area (TPSA) is 78.3 Å². The van der Waals surface area contributed by atoms with E-state index >= 15 is 0 Å². The zero-order valence-corrected chi connectivity index (χ0v) is 17.6. The van der Waals surface area contributed by atoms with Crippen LogP contribution in [-0.2, 0) is 6.61 Å². The summed E-state index contributed by atoms with van der Waals surface area (Å²) in [5.41, 5.74) is 1.53. The molecular weight excluding hydrogens is 376 g/mol. The summed E-state index contributed by atoms with van der Waals surface area (Å²) >= 11 is 0. The first-order chi connectivity index (χ1) is 14.7. The highest BCUT2D eigenvalue weighted by Crippen LogP contribution is 2.24. The number of benzene rings is 1. The van der Waals surface area contributed by atoms with Crippen LogP contribution in [0.1, 0.15) is 44.0 Å². The van der Waals surface area contributed by atoms with Gasteiger partial charge < -0.3 is 14.9 Å². The molecule has 0 radical (unpaired) electrons. The van der Waals surface area contributed by atoms with Crippen LogP contribution >= 0.6 is 0 Å². The Morgan fingerprint density at radius 2 is 1.67 bits per heavy atom. The molecule has 0 spiro atoms. The molecule has 1 saturated heterocycles. The second kappa shape index (κ2) is 9.17. The van der Waals surface area contributed by atoms with E-state index in [2.05, 4.69) is 39.7 Å². The molecule has 0 aliphatic carbocycles. The standard InChI is InChI=1S/C23H28N6O/c1-3-28(4-2)23-18-9-5-6-10-19(18)25-21(27-23)12-11-20-24-17(16-30)15-22(26-20)29-13-7-8-14-29/h5-6,9-12,15,30H,3-4,7-8,13-14,16H2,1-2H3. The van der Waals surface area contributed by atoms with E-state index in [1.807, 2.05) is 36.4 Å². The summed E-state index contributed by atoms with van der Waals surface area (Å²) in [6.07, 6.45) is 6.02. The number of hydrogen-bond acceptors (Lipinski definition) is 7. The fourth-order valence-electron chi connectivity index (χ4n) is 3.83. The lowest BCUT2D eigenvalue weighted by Gasteiger charge is -2.21. The maximum Gasteiger partial charge on any atom is 0.155 e. The summed E-state index contributed by atoms with van der Waals surface area (Å²) in [4.78, 5) is 23.1. The molecule has 0 amide bonds. The second-order valence-electron chi connectivity index (χ2n) is 7.36. The summed E-state index contributed by atoms with van der Waals surface area (Å²) < 4.78 is 0. The average Bonchev–Trinajstić information content (AvgIpc) is 3.33. The Labute approximate surface area is 177 Å². The summed E-state index contributed by atoms with van der Waals surface area (Å²) in [7, 11) is 0. The molecule has 4 rings (SSSR count). The number of aromatic nitrogens is 4. The van der Waals surface area contributed by atoms with Crippen LogP contribution < -0.4 is 9.80 Å². The first-order valence-corrected chi connectivity index (χ1v) is 10.7. The van der Waals surface area contributed by atoms with Gasteiger partial charge in [0.2, 0.25) is 0 Å². The van der Waals surface area contributed by atoms with E-state index in [1.165, 1.54) is 12.8 Å². The number of nitrogens with zero attached hydrogens (tertiary/aromatic N) is 6. The summed E-state index contributed by atoms with van der Waals surface area (Å²) in [5, 5.41) is 10.7. The van der Waals surface area contributed by atoms with Crippen LogP contribution in [0.4, 0.5) is 11.6 Å². The number of anilines is 2. The fraction of sp³-hybridized carbons (Fsp3) is 0.391. The van der Waals surface area contributed by atoms with Gasteiger partial charge in [0.25, 0.3) is 0 Å². The Balaban J connectivity index is 1.71. The van der Waals surface area contributed by atoms with Crippen LogP contribution in [0, 0.1) is 0 Å². The number of aliphatic hydroxyl groups excluding tert-OH is 1. The van der Waals surface area contributed by atoms with Gasteiger partial charge in [0.1, 0.15) is 11.6 Å². The number of para-hydroxylation sites is 1. The molecule has 1 aliphatic rings. The van der Waals surface area contributed by atoms with Crippen molar-refractivity contribution in [3.05, 3.63) is 47.7 Å². The maximum atomic E-state index is 9.62. The molecule has 1 fully saturated rings. The van der Waals surface area contributed by atoms with Crippen LogP contribution in [0.25, 0.3) is 23.1 Å². The Morgan fingerprint density at radius 3 is 2.37 bits per heavy atom. The van der Waals surface area contributed by atoms with Crippen molar-refractivity contribution in [1.82, 2.24) is 19.9 Å². The van der Waals surface area contributed by atoms with Crippen LogP contribution in [0.15, 0.2) is 30.3 Å². The molecule has 30 heavy (non-hydrogen) atoms. The highest BCUT2D eigenvalue weighted by atomic mass is 16.3. The number of rotatable bonds is 7. The molecule has 3 aromatic rings. The molecule has 0 unspecified atom stereocenters. The van der Waals surface area contributed by atoms with Crippen LogP contribution in [0.2, 0.25) is 0 Å². The monoisotopic (exact) mass is 404 g/mol. The summed E-state index contributed by atoms with van der Waals surface area (Å²) in [5.74, 6) is 2.99. The lowest BCUT2D eigenvalue weighted by Crippen LogP contribution is -2.23. The van der Waals surface area contributed by atoms with E-state index in [4.69, 9.17) is 9.97 Å². The minimum absolute atomic E-state index is 0.108. The van der Waals surface area contributed by atoms with Crippen LogP contribution in [0.3, 0.4) is 0 Å². The smallest absolute Gasteiger partial charge is 0.155 e. The Kier molecular flexibility index (Phi) is 6.18. The predicted octanol–water partition coefficient (Wildman–Crippen LogP) is 3.53. The van der Waals surface area contributed by atoms with Gasteiger partial charge in [-0.05, 0) is 51.0 Å². The molecule has 0 saturated carbocycles. The Hall–Kier alpha value is -3.06. The van der Waals surface area contributed by atoms with E-state index in [-0.39, 0.29) is 6.61 Å². The Morgan fingerprint density at radius 1 is 0.967 bits per heavy atom. The molecule has 1 aliphatic heterocycles. The minimum atomic E-state index is -0.108. The SMILES string of the molecule is CCN(CC)c1nc(C=Cc2nc(CO)cc(N3CCCC3)n2)nc2ccccc12. The van der Waals surface area contributed by atoms with Crippen molar-refractivity contribution in [3.8, 4) is 0 Å². The van der Waals surface area contributed by atoms with Crippen molar-refractivity contribution in [2.75, 3.05) is 36.0 Å². The maximum absolute atomic E-state index is 9.62. The van der Waals surface area contributed by atoms with Crippen molar-refractivity contribution in [2.45, 2.75) is 33.3 Å². The van der Waals surface area contributed by atoms with E-state index in [0.717, 1.165) is 48.7 Å². The summed E-state index contributed by atoms with van der Waals surface area (Å²) in [6.45, 7) is 7.89. The van der Waals surface area contributed by atoms with Gasteiger partial charge in [-0.3, -0.25) is 0 Å². The average molecular weight is 405 g/mol. The molecule has 156 valence electrons. The lowest BCUT2D eigenvalue weighted by atomic mass is 10.2. The van der Waals surface area contributed by atoms with Crippen molar-refractivity contribution < 1.29 is 5.11 Å². The van der Waals surface area contributed by atoms with E-state index in [0.29, 0.717) is 17.3 Å². The molecule has 0 atom stereocenters. The van der Waals surface area contributed by atoms with Gasteiger partial charge in [-0.2, -0.15) is 0 Å². The molecule has 2 aromatic heterocycles. The van der Waals surface area contributed by atoms with Gasteiger partial charge in [0, 0.05) is 37.6 Å². The van der Waals surface area contributed by atoms with Crippen molar-refractivity contribution in [2.24, 2.45) is 0 Å². The van der Waals surface area contributed by atoms with Crippen molar-refractivity contribution in [3.63, 3.8) is 0 Å². The van der Waals surface area contributed by atoms with E-state index < -0.39 is 0 Å². The molecule has 0 bridgehead atoms. The zero-order valence-electron chi connectivity index (χ0n) is 17.6.